The molecule has 2 N–H and O–H groups in total. The number of anilines is 1. The summed E-state index contributed by atoms with van der Waals surface area (Å²) in [5.74, 6) is 1.43. The minimum atomic E-state index is 0.243. The largest absolute Gasteiger partial charge is 0.497 e. The van der Waals surface area contributed by atoms with Crippen LogP contribution in [-0.2, 0) is 0 Å². The van der Waals surface area contributed by atoms with Crippen LogP contribution in [0.1, 0.15) is 45.6 Å². The van der Waals surface area contributed by atoms with Gasteiger partial charge in [0, 0.05) is 11.3 Å². The Bertz CT molecular complexity index is 581. The molecule has 0 spiro atoms. The molecule has 0 saturated carbocycles. The third-order valence-corrected chi connectivity index (χ3v) is 3.64. The fourth-order valence-corrected chi connectivity index (χ4v) is 2.34. The minimum absolute atomic E-state index is 0.243. The van der Waals surface area contributed by atoms with Gasteiger partial charge in [-0.05, 0) is 42.0 Å². The summed E-state index contributed by atoms with van der Waals surface area (Å²) in [5.41, 5.74) is 7.51. The number of ether oxygens (including phenoxy) is 1. The van der Waals surface area contributed by atoms with E-state index >= 15 is 0 Å². The van der Waals surface area contributed by atoms with Crippen molar-refractivity contribution in [3.63, 3.8) is 0 Å². The van der Waals surface area contributed by atoms with Crippen molar-refractivity contribution in [3.8, 4) is 17.1 Å². The second kappa shape index (κ2) is 7.06. The number of nitrogens with zero attached hydrogens (tertiary/aromatic N) is 4. The Hall–Kier alpha value is -2.11. The minimum Gasteiger partial charge on any atom is -0.497 e. The molecule has 1 aromatic carbocycles. The molecule has 0 aliphatic heterocycles. The second-order valence-electron chi connectivity index (χ2n) is 5.25. The molecule has 1 heterocycles. The number of benzene rings is 1. The van der Waals surface area contributed by atoms with Gasteiger partial charge in [-0.3, -0.25) is 0 Å². The van der Waals surface area contributed by atoms with Gasteiger partial charge in [-0.2, -0.15) is 0 Å². The molecule has 114 valence electrons. The van der Waals surface area contributed by atoms with Crippen LogP contribution in [0.5, 0.6) is 5.75 Å². The number of hydrogen-bond donors (Lipinski definition) is 1. The van der Waals surface area contributed by atoms with Crippen LogP contribution < -0.4 is 10.5 Å². The zero-order valence-corrected chi connectivity index (χ0v) is 12.9. The van der Waals surface area contributed by atoms with Crippen LogP contribution in [0.2, 0.25) is 0 Å². The molecular formula is C15H23N5O. The van der Waals surface area contributed by atoms with Crippen molar-refractivity contribution in [2.45, 2.75) is 45.6 Å². The SMILES string of the molecule is CCCCCC(C)n1nnnc1-c1cc(OC)ccc1N. The molecule has 6 nitrogen and oxygen atoms in total. The highest BCUT2D eigenvalue weighted by atomic mass is 16.5. The van der Waals surface area contributed by atoms with E-state index in [1.54, 1.807) is 7.11 Å². The maximum absolute atomic E-state index is 6.06. The number of aromatic nitrogens is 4. The van der Waals surface area contributed by atoms with E-state index in [0.29, 0.717) is 11.5 Å². The van der Waals surface area contributed by atoms with Crippen LogP contribution in [0.4, 0.5) is 5.69 Å². The number of nitrogen functional groups attached to an aromatic ring is 1. The van der Waals surface area contributed by atoms with Gasteiger partial charge in [-0.15, -0.1) is 5.10 Å². The quantitative estimate of drug-likeness (QED) is 0.626. The lowest BCUT2D eigenvalue weighted by Crippen LogP contribution is -2.10. The van der Waals surface area contributed by atoms with Crippen molar-refractivity contribution in [1.29, 1.82) is 0 Å². The monoisotopic (exact) mass is 289 g/mol. The summed E-state index contributed by atoms with van der Waals surface area (Å²) in [6.07, 6.45) is 4.65. The van der Waals surface area contributed by atoms with Gasteiger partial charge in [0.2, 0.25) is 0 Å². The molecule has 2 rings (SSSR count). The first-order chi connectivity index (χ1) is 10.2. The van der Waals surface area contributed by atoms with Gasteiger partial charge in [0.05, 0.1) is 13.2 Å². The molecule has 1 aromatic heterocycles. The van der Waals surface area contributed by atoms with Crippen molar-refractivity contribution in [2.75, 3.05) is 12.8 Å². The number of tetrazole rings is 1. The predicted octanol–water partition coefficient (Wildman–Crippen LogP) is 3.07. The second-order valence-corrected chi connectivity index (χ2v) is 5.25. The lowest BCUT2D eigenvalue weighted by molar-refractivity contribution is 0.414. The van der Waals surface area contributed by atoms with Gasteiger partial charge < -0.3 is 10.5 Å². The Morgan fingerprint density at radius 3 is 2.86 bits per heavy atom. The molecule has 0 saturated heterocycles. The Balaban J connectivity index is 2.27. The zero-order chi connectivity index (χ0) is 15.2. The highest BCUT2D eigenvalue weighted by Crippen LogP contribution is 2.30. The summed E-state index contributed by atoms with van der Waals surface area (Å²) < 4.78 is 7.10. The van der Waals surface area contributed by atoms with Gasteiger partial charge in [0.15, 0.2) is 5.82 Å². The highest BCUT2D eigenvalue weighted by molar-refractivity contribution is 5.73. The fourth-order valence-electron chi connectivity index (χ4n) is 2.34. The first-order valence-electron chi connectivity index (χ1n) is 7.39. The van der Waals surface area contributed by atoms with Crippen LogP contribution in [-0.4, -0.2) is 27.3 Å². The third kappa shape index (κ3) is 3.51. The molecule has 6 heteroatoms. The number of rotatable bonds is 7. The molecule has 0 radical (unpaired) electrons. The van der Waals surface area contributed by atoms with Crippen molar-refractivity contribution >= 4 is 5.69 Å². The van der Waals surface area contributed by atoms with Gasteiger partial charge in [-0.25, -0.2) is 4.68 Å². The smallest absolute Gasteiger partial charge is 0.184 e. The Kier molecular flexibility index (Phi) is 5.14. The van der Waals surface area contributed by atoms with Crippen molar-refractivity contribution in [3.05, 3.63) is 18.2 Å². The zero-order valence-electron chi connectivity index (χ0n) is 12.9. The van der Waals surface area contributed by atoms with E-state index in [2.05, 4.69) is 29.4 Å². The van der Waals surface area contributed by atoms with E-state index in [1.807, 2.05) is 22.9 Å². The van der Waals surface area contributed by atoms with Gasteiger partial charge >= 0.3 is 0 Å². The lowest BCUT2D eigenvalue weighted by atomic mass is 10.1. The molecule has 0 bridgehead atoms. The van der Waals surface area contributed by atoms with E-state index in [0.717, 1.165) is 17.7 Å². The molecule has 0 amide bonds. The number of unbranched alkanes of at least 4 members (excludes halogenated alkanes) is 2. The highest BCUT2D eigenvalue weighted by Gasteiger charge is 2.17. The average molecular weight is 289 g/mol. The lowest BCUT2D eigenvalue weighted by Gasteiger charge is -2.14. The van der Waals surface area contributed by atoms with Crippen LogP contribution >= 0.6 is 0 Å². The predicted molar refractivity (Wildman–Crippen MR) is 83.1 cm³/mol. The van der Waals surface area contributed by atoms with E-state index in [9.17, 15) is 0 Å². The van der Waals surface area contributed by atoms with Crippen LogP contribution in [0, 0.1) is 0 Å². The summed E-state index contributed by atoms with van der Waals surface area (Å²) in [7, 11) is 1.63. The summed E-state index contributed by atoms with van der Waals surface area (Å²) in [4.78, 5) is 0. The third-order valence-electron chi connectivity index (χ3n) is 3.64. The van der Waals surface area contributed by atoms with Gasteiger partial charge in [-0.1, -0.05) is 26.2 Å². The van der Waals surface area contributed by atoms with Crippen molar-refractivity contribution in [1.82, 2.24) is 20.2 Å². The molecule has 1 unspecified atom stereocenters. The Morgan fingerprint density at radius 2 is 2.14 bits per heavy atom. The molecule has 2 aromatic rings. The average Bonchev–Trinajstić information content (AvgIpc) is 2.97. The Morgan fingerprint density at radius 1 is 1.33 bits per heavy atom. The van der Waals surface area contributed by atoms with E-state index < -0.39 is 0 Å². The summed E-state index contributed by atoms with van der Waals surface area (Å²) in [6.45, 7) is 4.33. The van der Waals surface area contributed by atoms with Crippen LogP contribution in [0.15, 0.2) is 18.2 Å². The Labute approximate surface area is 125 Å². The van der Waals surface area contributed by atoms with E-state index in [1.165, 1.54) is 19.3 Å². The molecule has 0 aliphatic rings. The molecule has 21 heavy (non-hydrogen) atoms. The van der Waals surface area contributed by atoms with Crippen LogP contribution in [0.25, 0.3) is 11.4 Å². The maximum atomic E-state index is 6.06. The van der Waals surface area contributed by atoms with Crippen LogP contribution in [0.3, 0.4) is 0 Å². The van der Waals surface area contributed by atoms with E-state index in [4.69, 9.17) is 10.5 Å². The maximum Gasteiger partial charge on any atom is 0.184 e. The molecule has 0 fully saturated rings. The number of methoxy groups -OCH3 is 1. The number of hydrogen-bond acceptors (Lipinski definition) is 5. The van der Waals surface area contributed by atoms with Crippen molar-refractivity contribution < 1.29 is 4.74 Å². The molecule has 1 atom stereocenters. The summed E-state index contributed by atoms with van der Waals surface area (Å²) in [6, 6.07) is 5.76. The van der Waals surface area contributed by atoms with Gasteiger partial charge in [0.25, 0.3) is 0 Å². The fraction of sp³-hybridized carbons (Fsp3) is 0.533. The van der Waals surface area contributed by atoms with Crippen molar-refractivity contribution in [2.24, 2.45) is 0 Å². The topological polar surface area (TPSA) is 78.8 Å². The first-order valence-corrected chi connectivity index (χ1v) is 7.39. The normalized spacial score (nSPS) is 12.3. The molecule has 0 aliphatic carbocycles. The number of nitrogens with two attached hydrogens (primary N) is 1. The summed E-state index contributed by atoms with van der Waals surface area (Å²) in [5, 5.41) is 12.1. The van der Waals surface area contributed by atoms with Gasteiger partial charge in [0.1, 0.15) is 5.75 Å². The standard InChI is InChI=1S/C15H23N5O/c1-4-5-6-7-11(2)20-15(17-18-19-20)13-10-12(21-3)8-9-14(13)16/h8-11H,4-7,16H2,1-3H3. The first kappa shape index (κ1) is 15.3. The van der Waals surface area contributed by atoms with E-state index in [-0.39, 0.29) is 6.04 Å². The summed E-state index contributed by atoms with van der Waals surface area (Å²) >= 11 is 0. The molecular weight excluding hydrogens is 266 g/mol.